The van der Waals surface area contributed by atoms with Gasteiger partial charge >= 0.3 is 6.03 Å². The molecule has 166 valence electrons. The molecule has 2 aliphatic heterocycles. The van der Waals surface area contributed by atoms with Crippen molar-refractivity contribution in [2.24, 2.45) is 5.92 Å². The molecule has 2 fully saturated rings. The van der Waals surface area contributed by atoms with Crippen LogP contribution in [0.5, 0.6) is 0 Å². The monoisotopic (exact) mass is 418 g/mol. The molecule has 0 radical (unpaired) electrons. The van der Waals surface area contributed by atoms with E-state index < -0.39 is 0 Å². The lowest BCUT2D eigenvalue weighted by Gasteiger charge is -2.37. The lowest BCUT2D eigenvalue weighted by molar-refractivity contribution is -0.116. The Morgan fingerprint density at radius 2 is 1.87 bits per heavy atom. The lowest BCUT2D eigenvalue weighted by atomic mass is 9.97. The zero-order valence-electron chi connectivity index (χ0n) is 18.3. The molecule has 0 saturated carbocycles. The van der Waals surface area contributed by atoms with Crippen molar-refractivity contribution in [3.63, 3.8) is 0 Å². The number of nitrogens with zero attached hydrogens (tertiary/aromatic N) is 2. The third kappa shape index (κ3) is 5.93. The smallest absolute Gasteiger partial charge is 0.317 e. The summed E-state index contributed by atoms with van der Waals surface area (Å²) in [5.41, 5.74) is 2.81. The number of benzene rings is 1. The van der Waals surface area contributed by atoms with E-state index in [1.54, 1.807) is 7.05 Å². The summed E-state index contributed by atoms with van der Waals surface area (Å²) in [6, 6.07) is 5.84. The Hall–Kier alpha value is -2.16. The Morgan fingerprint density at radius 1 is 1.17 bits per heavy atom. The van der Waals surface area contributed by atoms with Crippen molar-refractivity contribution in [3.8, 4) is 0 Å². The van der Waals surface area contributed by atoms with Crippen LogP contribution >= 0.6 is 0 Å². The van der Waals surface area contributed by atoms with Crippen LogP contribution < -0.4 is 10.6 Å². The third-order valence-corrected chi connectivity index (χ3v) is 5.96. The second-order valence-corrected chi connectivity index (χ2v) is 8.20. The Morgan fingerprint density at radius 3 is 2.50 bits per heavy atom. The lowest BCUT2D eigenvalue weighted by Crippen LogP contribution is -2.53. The first-order valence-corrected chi connectivity index (χ1v) is 10.7. The van der Waals surface area contributed by atoms with Crippen LogP contribution in [-0.4, -0.2) is 87.4 Å². The minimum Gasteiger partial charge on any atom is -0.381 e. The Kier molecular flexibility index (Phi) is 8.07. The molecule has 2 saturated heterocycles. The molecule has 1 aromatic carbocycles. The fourth-order valence-corrected chi connectivity index (χ4v) is 4.16. The number of carbonyl (C=O) groups is 2. The van der Waals surface area contributed by atoms with E-state index in [-0.39, 0.29) is 24.5 Å². The molecule has 1 aromatic rings. The van der Waals surface area contributed by atoms with E-state index in [1.165, 1.54) is 4.90 Å². The van der Waals surface area contributed by atoms with Gasteiger partial charge in [-0.25, -0.2) is 4.79 Å². The number of aryl methyl sites for hydroxylation is 2. The van der Waals surface area contributed by atoms with Gasteiger partial charge in [-0.2, -0.15) is 0 Å². The van der Waals surface area contributed by atoms with Gasteiger partial charge in [0, 0.05) is 50.9 Å². The maximum atomic E-state index is 12.6. The summed E-state index contributed by atoms with van der Waals surface area (Å²) >= 11 is 0. The number of hydrogen-bond acceptors (Lipinski definition) is 5. The van der Waals surface area contributed by atoms with E-state index in [4.69, 9.17) is 9.47 Å². The van der Waals surface area contributed by atoms with Crippen LogP contribution in [0.25, 0.3) is 0 Å². The van der Waals surface area contributed by atoms with Crippen molar-refractivity contribution >= 4 is 17.6 Å². The van der Waals surface area contributed by atoms with Gasteiger partial charge in [0.25, 0.3) is 0 Å². The largest absolute Gasteiger partial charge is 0.381 e. The molecule has 8 nitrogen and oxygen atoms in total. The van der Waals surface area contributed by atoms with Crippen molar-refractivity contribution in [1.82, 2.24) is 15.1 Å². The summed E-state index contributed by atoms with van der Waals surface area (Å²) < 4.78 is 11.1. The van der Waals surface area contributed by atoms with Crippen LogP contribution in [0.15, 0.2) is 18.2 Å². The molecular weight excluding hydrogens is 384 g/mol. The predicted molar refractivity (Wildman–Crippen MR) is 116 cm³/mol. The summed E-state index contributed by atoms with van der Waals surface area (Å²) in [5, 5.41) is 5.94. The summed E-state index contributed by atoms with van der Waals surface area (Å²) in [5.74, 6) is 0.194. The Balaban J connectivity index is 1.51. The van der Waals surface area contributed by atoms with Gasteiger partial charge in [0.15, 0.2) is 0 Å². The van der Waals surface area contributed by atoms with Gasteiger partial charge in [-0.15, -0.1) is 0 Å². The maximum Gasteiger partial charge on any atom is 0.317 e. The predicted octanol–water partition coefficient (Wildman–Crippen LogP) is 1.62. The Bertz CT molecular complexity index is 710. The first-order valence-electron chi connectivity index (χ1n) is 10.7. The summed E-state index contributed by atoms with van der Waals surface area (Å²) in [6.07, 6.45) is 1.01. The van der Waals surface area contributed by atoms with E-state index in [2.05, 4.69) is 15.5 Å². The molecule has 0 bridgehead atoms. The molecule has 0 spiro atoms. The molecule has 2 atom stereocenters. The SMILES string of the molecule is Cc1cccc(C)c1NC(=O)CN(C)C(=O)NC[C@@H]([C@@H]1CCOC1)N1CCOCC1. The molecule has 2 heterocycles. The van der Waals surface area contributed by atoms with Crippen LogP contribution in [0, 0.1) is 19.8 Å². The first-order chi connectivity index (χ1) is 14.5. The van der Waals surface area contributed by atoms with Crippen LogP contribution in [0.4, 0.5) is 10.5 Å². The van der Waals surface area contributed by atoms with E-state index in [0.717, 1.165) is 62.8 Å². The fraction of sp³-hybridized carbons (Fsp3) is 0.636. The zero-order chi connectivity index (χ0) is 21.5. The highest BCUT2D eigenvalue weighted by Gasteiger charge is 2.32. The van der Waals surface area contributed by atoms with Crippen molar-refractivity contribution in [3.05, 3.63) is 29.3 Å². The van der Waals surface area contributed by atoms with E-state index in [1.807, 2.05) is 32.0 Å². The summed E-state index contributed by atoms with van der Waals surface area (Å²) in [7, 11) is 1.64. The van der Waals surface area contributed by atoms with Crippen molar-refractivity contribution in [2.45, 2.75) is 26.3 Å². The van der Waals surface area contributed by atoms with Crippen LogP contribution in [0.1, 0.15) is 17.5 Å². The number of ether oxygens (including phenoxy) is 2. The quantitative estimate of drug-likeness (QED) is 0.703. The van der Waals surface area contributed by atoms with Gasteiger partial charge in [-0.1, -0.05) is 18.2 Å². The molecule has 3 rings (SSSR count). The number of nitrogens with one attached hydrogen (secondary N) is 2. The second-order valence-electron chi connectivity index (χ2n) is 8.20. The molecule has 0 aliphatic carbocycles. The molecule has 0 aromatic heterocycles. The van der Waals surface area contributed by atoms with Crippen LogP contribution in [-0.2, 0) is 14.3 Å². The van der Waals surface area contributed by atoms with Crippen molar-refractivity contribution < 1.29 is 19.1 Å². The molecular formula is C22H34N4O4. The maximum absolute atomic E-state index is 12.6. The highest BCUT2D eigenvalue weighted by molar-refractivity contribution is 5.95. The first kappa shape index (κ1) is 22.5. The average molecular weight is 419 g/mol. The molecule has 3 amide bonds. The normalized spacial score (nSPS) is 20.6. The van der Waals surface area contributed by atoms with Crippen molar-refractivity contribution in [2.75, 3.05) is 65.0 Å². The number of para-hydroxylation sites is 1. The van der Waals surface area contributed by atoms with Gasteiger partial charge in [0.05, 0.1) is 19.8 Å². The highest BCUT2D eigenvalue weighted by Crippen LogP contribution is 2.22. The number of morpholine rings is 1. The summed E-state index contributed by atoms with van der Waals surface area (Å²) in [6.45, 7) is 9.12. The molecule has 0 unspecified atom stereocenters. The minimum atomic E-state index is -0.246. The second kappa shape index (κ2) is 10.7. The van der Waals surface area contributed by atoms with Gasteiger partial charge in [0.1, 0.15) is 6.54 Å². The number of amides is 3. The van der Waals surface area contributed by atoms with Crippen LogP contribution in [0.2, 0.25) is 0 Å². The van der Waals surface area contributed by atoms with Gasteiger partial charge in [-0.3, -0.25) is 9.69 Å². The van der Waals surface area contributed by atoms with Gasteiger partial charge < -0.3 is 25.0 Å². The number of urea groups is 1. The van der Waals surface area contributed by atoms with Crippen LogP contribution in [0.3, 0.4) is 0 Å². The highest BCUT2D eigenvalue weighted by atomic mass is 16.5. The zero-order valence-corrected chi connectivity index (χ0v) is 18.3. The molecule has 2 N–H and O–H groups in total. The Labute approximate surface area is 178 Å². The number of likely N-dealkylation sites (N-methyl/N-ethyl adjacent to an activating group) is 1. The number of anilines is 1. The van der Waals surface area contributed by atoms with E-state index in [9.17, 15) is 9.59 Å². The minimum absolute atomic E-state index is 0.00559. The van der Waals surface area contributed by atoms with E-state index in [0.29, 0.717) is 12.5 Å². The fourth-order valence-electron chi connectivity index (χ4n) is 4.16. The number of hydrogen-bond donors (Lipinski definition) is 2. The molecule has 2 aliphatic rings. The standard InChI is InChI=1S/C22H34N4O4/c1-16-5-4-6-17(2)21(16)24-20(27)14-25(3)22(28)23-13-19(18-7-10-30-15-18)26-8-11-29-12-9-26/h4-6,18-19H,7-15H2,1-3H3,(H,23,28)(H,24,27)/t18-,19+/m1/s1. The number of rotatable bonds is 7. The average Bonchev–Trinajstić information content (AvgIpc) is 3.26. The third-order valence-electron chi connectivity index (χ3n) is 5.96. The number of carbonyl (C=O) groups excluding carboxylic acids is 2. The molecule has 30 heavy (non-hydrogen) atoms. The van der Waals surface area contributed by atoms with Crippen molar-refractivity contribution in [1.29, 1.82) is 0 Å². The summed E-state index contributed by atoms with van der Waals surface area (Å²) in [4.78, 5) is 28.9. The van der Waals surface area contributed by atoms with E-state index >= 15 is 0 Å². The molecule has 8 heteroatoms. The van der Waals surface area contributed by atoms with Gasteiger partial charge in [0.2, 0.25) is 5.91 Å². The van der Waals surface area contributed by atoms with Gasteiger partial charge in [-0.05, 0) is 31.4 Å². The topological polar surface area (TPSA) is 83.1 Å².